The highest BCUT2D eigenvalue weighted by Crippen LogP contribution is 2.16. The Morgan fingerprint density at radius 3 is 1.67 bits per heavy atom. The maximum Gasteiger partial charge on any atom is 0.195 e. The minimum absolute atomic E-state index is 0.0870. The summed E-state index contributed by atoms with van der Waals surface area (Å²) in [4.78, 5) is 24.5. The van der Waals surface area contributed by atoms with Crippen molar-refractivity contribution in [3.05, 3.63) is 42.0 Å². The third kappa shape index (κ3) is 11.9. The lowest BCUT2D eigenvalue weighted by atomic mass is 9.97. The van der Waals surface area contributed by atoms with Crippen LogP contribution in [0.3, 0.4) is 0 Å². The summed E-state index contributed by atoms with van der Waals surface area (Å²) < 4.78 is 0. The third-order valence-electron chi connectivity index (χ3n) is 5.72. The van der Waals surface area contributed by atoms with Gasteiger partial charge in [-0.25, -0.2) is 0 Å². The standard InChI is InChI=1S/C27H43NO2/c1-22(2)16-14-12-10-8-6-4-5-7-9-11-13-15-17-26(29)23(3)27(30)24-18-20-25(28)21-19-24/h18-22H,3-17,28H2,1-2H3. The van der Waals surface area contributed by atoms with Crippen LogP contribution < -0.4 is 5.73 Å². The van der Waals surface area contributed by atoms with E-state index in [0.717, 1.165) is 18.8 Å². The minimum atomic E-state index is -0.292. The highest BCUT2D eigenvalue weighted by molar-refractivity contribution is 6.25. The summed E-state index contributed by atoms with van der Waals surface area (Å²) >= 11 is 0. The molecular weight excluding hydrogens is 370 g/mol. The van der Waals surface area contributed by atoms with Gasteiger partial charge in [0.1, 0.15) is 0 Å². The molecule has 0 bridgehead atoms. The van der Waals surface area contributed by atoms with Crippen molar-refractivity contribution in [3.63, 3.8) is 0 Å². The summed E-state index contributed by atoms with van der Waals surface area (Å²) in [5.74, 6) is 0.421. The van der Waals surface area contributed by atoms with Crippen LogP contribution in [-0.4, -0.2) is 11.6 Å². The van der Waals surface area contributed by atoms with Crippen LogP contribution in [-0.2, 0) is 4.79 Å². The van der Waals surface area contributed by atoms with Crippen molar-refractivity contribution in [2.45, 2.75) is 104 Å². The van der Waals surface area contributed by atoms with E-state index in [2.05, 4.69) is 20.4 Å². The molecule has 0 aliphatic rings. The number of hydrogen-bond donors (Lipinski definition) is 1. The van der Waals surface area contributed by atoms with Crippen LogP contribution in [0, 0.1) is 5.92 Å². The van der Waals surface area contributed by atoms with Gasteiger partial charge in [0.2, 0.25) is 0 Å². The molecule has 0 aliphatic heterocycles. The van der Waals surface area contributed by atoms with Crippen LogP contribution >= 0.6 is 0 Å². The van der Waals surface area contributed by atoms with E-state index in [1.54, 1.807) is 24.3 Å². The van der Waals surface area contributed by atoms with Crippen molar-refractivity contribution in [1.29, 1.82) is 0 Å². The Kier molecular flexibility index (Phi) is 13.8. The molecule has 0 aromatic heterocycles. The Hall–Kier alpha value is -1.90. The molecule has 168 valence electrons. The predicted molar refractivity (Wildman–Crippen MR) is 129 cm³/mol. The molecule has 1 rings (SSSR count). The molecule has 0 unspecified atom stereocenters. The molecule has 1 aromatic carbocycles. The molecule has 30 heavy (non-hydrogen) atoms. The lowest BCUT2D eigenvalue weighted by Crippen LogP contribution is -2.12. The van der Waals surface area contributed by atoms with E-state index < -0.39 is 0 Å². The SMILES string of the molecule is C=C(C(=O)CCCCCCCCCCCCCCC(C)C)C(=O)c1ccc(N)cc1. The lowest BCUT2D eigenvalue weighted by molar-refractivity contribution is -0.115. The normalized spacial score (nSPS) is 11.0. The van der Waals surface area contributed by atoms with Crippen molar-refractivity contribution in [2.75, 3.05) is 5.73 Å². The van der Waals surface area contributed by atoms with Crippen LogP contribution in [0.25, 0.3) is 0 Å². The van der Waals surface area contributed by atoms with Crippen LogP contribution in [0.4, 0.5) is 5.69 Å². The summed E-state index contributed by atoms with van der Waals surface area (Å²) in [6.45, 7) is 8.32. The van der Waals surface area contributed by atoms with Crippen LogP contribution in [0.5, 0.6) is 0 Å². The molecule has 0 amide bonds. The molecule has 1 aromatic rings. The number of unbranched alkanes of at least 4 members (excludes halogenated alkanes) is 11. The second-order valence-corrected chi connectivity index (χ2v) is 9.03. The average Bonchev–Trinajstić information content (AvgIpc) is 2.73. The van der Waals surface area contributed by atoms with Crippen molar-refractivity contribution in [1.82, 2.24) is 0 Å². The second kappa shape index (κ2) is 15.9. The highest BCUT2D eigenvalue weighted by Gasteiger charge is 2.16. The van der Waals surface area contributed by atoms with Gasteiger partial charge in [0.05, 0.1) is 5.57 Å². The number of Topliss-reactive ketones (excluding diaryl/α,β-unsaturated/α-hetero) is 2. The maximum absolute atomic E-state index is 12.3. The zero-order valence-electron chi connectivity index (χ0n) is 19.4. The van der Waals surface area contributed by atoms with Gasteiger partial charge in [0, 0.05) is 17.7 Å². The largest absolute Gasteiger partial charge is 0.399 e. The third-order valence-corrected chi connectivity index (χ3v) is 5.72. The fraction of sp³-hybridized carbons (Fsp3) is 0.630. The van der Waals surface area contributed by atoms with Crippen LogP contribution in [0.2, 0.25) is 0 Å². The van der Waals surface area contributed by atoms with Gasteiger partial charge in [-0.1, -0.05) is 97.5 Å². The van der Waals surface area contributed by atoms with Gasteiger partial charge in [0.15, 0.2) is 11.6 Å². The van der Waals surface area contributed by atoms with Gasteiger partial charge >= 0.3 is 0 Å². The van der Waals surface area contributed by atoms with Gasteiger partial charge < -0.3 is 5.73 Å². The van der Waals surface area contributed by atoms with Crippen molar-refractivity contribution in [3.8, 4) is 0 Å². The first-order valence-corrected chi connectivity index (χ1v) is 12.0. The second-order valence-electron chi connectivity index (χ2n) is 9.03. The van der Waals surface area contributed by atoms with Crippen molar-refractivity contribution in [2.24, 2.45) is 5.92 Å². The Labute approximate surface area is 184 Å². The zero-order valence-corrected chi connectivity index (χ0v) is 19.4. The monoisotopic (exact) mass is 413 g/mol. The molecule has 0 atom stereocenters. The molecule has 0 aliphatic carbocycles. The molecular formula is C27H43NO2. The number of nitrogens with two attached hydrogens (primary N) is 1. The predicted octanol–water partition coefficient (Wildman–Crippen LogP) is 7.69. The summed E-state index contributed by atoms with van der Waals surface area (Å²) in [6, 6.07) is 6.62. The molecule has 3 nitrogen and oxygen atoms in total. The number of rotatable bonds is 18. The fourth-order valence-electron chi connectivity index (χ4n) is 3.69. The number of nitrogen functional groups attached to an aromatic ring is 1. The van der Waals surface area contributed by atoms with Crippen molar-refractivity contribution < 1.29 is 9.59 Å². The first kappa shape index (κ1) is 26.1. The van der Waals surface area contributed by atoms with E-state index >= 15 is 0 Å². The summed E-state index contributed by atoms with van der Waals surface area (Å²) in [5.41, 5.74) is 6.79. The first-order valence-electron chi connectivity index (χ1n) is 12.0. The number of carbonyl (C=O) groups excluding carboxylic acids is 2. The van der Waals surface area contributed by atoms with E-state index in [1.165, 1.54) is 70.6 Å². The number of benzene rings is 1. The minimum Gasteiger partial charge on any atom is -0.399 e. The average molecular weight is 414 g/mol. The molecule has 0 spiro atoms. The number of carbonyl (C=O) groups is 2. The number of hydrogen-bond acceptors (Lipinski definition) is 3. The zero-order chi connectivity index (χ0) is 22.2. The van der Waals surface area contributed by atoms with E-state index in [-0.39, 0.29) is 17.1 Å². The van der Waals surface area contributed by atoms with E-state index in [9.17, 15) is 9.59 Å². The molecule has 3 heteroatoms. The van der Waals surface area contributed by atoms with Gasteiger partial charge in [-0.3, -0.25) is 9.59 Å². The van der Waals surface area contributed by atoms with E-state index in [0.29, 0.717) is 17.7 Å². The molecule has 2 N–H and O–H groups in total. The van der Waals surface area contributed by atoms with Crippen molar-refractivity contribution >= 4 is 17.3 Å². The Morgan fingerprint density at radius 2 is 1.20 bits per heavy atom. The molecule has 0 saturated carbocycles. The summed E-state index contributed by atoms with van der Waals surface area (Å²) in [7, 11) is 0. The van der Waals surface area contributed by atoms with Gasteiger partial charge in [-0.2, -0.15) is 0 Å². The fourth-order valence-corrected chi connectivity index (χ4v) is 3.69. The highest BCUT2D eigenvalue weighted by atomic mass is 16.1. The molecule has 0 saturated heterocycles. The Balaban J connectivity index is 1.97. The summed E-state index contributed by atoms with van der Waals surface area (Å²) in [5, 5.41) is 0. The molecule has 0 heterocycles. The van der Waals surface area contributed by atoms with Crippen LogP contribution in [0.15, 0.2) is 36.4 Å². The van der Waals surface area contributed by atoms with Gasteiger partial charge in [-0.05, 0) is 36.6 Å². The first-order chi connectivity index (χ1) is 14.4. The van der Waals surface area contributed by atoms with Gasteiger partial charge in [-0.15, -0.1) is 0 Å². The molecule has 0 fully saturated rings. The number of allylic oxidation sites excluding steroid dienone is 1. The number of anilines is 1. The Morgan fingerprint density at radius 1 is 0.767 bits per heavy atom. The lowest BCUT2D eigenvalue weighted by Gasteiger charge is -2.06. The quantitative estimate of drug-likeness (QED) is 0.0670. The number of ketones is 2. The van der Waals surface area contributed by atoms with Gasteiger partial charge in [0.25, 0.3) is 0 Å². The maximum atomic E-state index is 12.3. The molecule has 0 radical (unpaired) electrons. The topological polar surface area (TPSA) is 60.2 Å². The van der Waals surface area contributed by atoms with E-state index in [1.807, 2.05) is 0 Å². The smallest absolute Gasteiger partial charge is 0.195 e. The Bertz CT molecular complexity index is 631. The summed E-state index contributed by atoms with van der Waals surface area (Å²) in [6.07, 6.45) is 17.0. The van der Waals surface area contributed by atoms with Crippen LogP contribution in [0.1, 0.15) is 114 Å². The van der Waals surface area contributed by atoms with E-state index in [4.69, 9.17) is 5.73 Å².